The van der Waals surface area contributed by atoms with E-state index in [0.717, 1.165) is 28.8 Å². The highest BCUT2D eigenvalue weighted by Gasteiger charge is 2.38. The van der Waals surface area contributed by atoms with Crippen LogP contribution in [-0.4, -0.2) is 12.6 Å². The lowest BCUT2D eigenvalue weighted by Gasteiger charge is -2.39. The molecule has 4 heteroatoms. The third kappa shape index (κ3) is 3.38. The molecule has 0 aromatic heterocycles. The summed E-state index contributed by atoms with van der Waals surface area (Å²) in [5, 5.41) is 0. The number of hydrogen-bond donors (Lipinski definition) is 1. The van der Waals surface area contributed by atoms with E-state index in [9.17, 15) is 4.79 Å². The summed E-state index contributed by atoms with van der Waals surface area (Å²) in [4.78, 5) is 14.5. The molecular weight excluding hydrogens is 336 g/mol. The van der Waals surface area contributed by atoms with Crippen molar-refractivity contribution in [2.24, 2.45) is 0 Å². The molecule has 1 fully saturated rings. The molecule has 4 rings (SSSR count). The van der Waals surface area contributed by atoms with Crippen LogP contribution in [0.2, 0.25) is 0 Å². The normalized spacial score (nSPS) is 19.6. The molecule has 2 N–H and O–H groups in total. The highest BCUT2D eigenvalue weighted by Crippen LogP contribution is 2.36. The Morgan fingerprint density at radius 3 is 2.33 bits per heavy atom. The minimum atomic E-state index is -0.597. The predicted molar refractivity (Wildman–Crippen MR) is 109 cm³/mol. The van der Waals surface area contributed by atoms with Crippen molar-refractivity contribution < 1.29 is 9.53 Å². The first-order valence-electron chi connectivity index (χ1n) is 9.07. The molecule has 0 aliphatic carbocycles. The maximum Gasteiger partial charge on any atom is 0.415 e. The van der Waals surface area contributed by atoms with Crippen molar-refractivity contribution in [2.45, 2.75) is 18.9 Å². The third-order valence-electron chi connectivity index (χ3n) is 5.11. The Kier molecular flexibility index (Phi) is 4.32. The highest BCUT2D eigenvalue weighted by molar-refractivity contribution is 5.90. The van der Waals surface area contributed by atoms with E-state index in [-0.39, 0.29) is 6.09 Å². The van der Waals surface area contributed by atoms with E-state index in [2.05, 4.69) is 0 Å². The largest absolute Gasteiger partial charge is 0.438 e. The fourth-order valence-corrected chi connectivity index (χ4v) is 3.52. The molecule has 1 aliphatic heterocycles. The Balaban J connectivity index is 1.59. The summed E-state index contributed by atoms with van der Waals surface area (Å²) in [7, 11) is 0. The van der Waals surface area contributed by atoms with Gasteiger partial charge in [0, 0.05) is 24.3 Å². The third-order valence-corrected chi connectivity index (χ3v) is 5.11. The van der Waals surface area contributed by atoms with Gasteiger partial charge in [0.25, 0.3) is 0 Å². The number of amides is 1. The monoisotopic (exact) mass is 358 g/mol. The van der Waals surface area contributed by atoms with Crippen molar-refractivity contribution >= 4 is 17.5 Å². The Hall–Kier alpha value is -3.27. The molecule has 1 atom stereocenters. The smallest absolute Gasteiger partial charge is 0.415 e. The summed E-state index contributed by atoms with van der Waals surface area (Å²) in [6, 6.07) is 25.5. The number of nitrogens with two attached hydrogens (primary N) is 1. The lowest BCUT2D eigenvalue weighted by molar-refractivity contribution is 0.00583. The number of rotatable bonds is 3. The van der Waals surface area contributed by atoms with Crippen molar-refractivity contribution in [3.05, 3.63) is 84.4 Å². The molecule has 0 saturated carbocycles. The summed E-state index contributed by atoms with van der Waals surface area (Å²) in [5.41, 5.74) is 9.91. The van der Waals surface area contributed by atoms with Gasteiger partial charge in [0.15, 0.2) is 0 Å². The zero-order valence-corrected chi connectivity index (χ0v) is 15.3. The first-order valence-corrected chi connectivity index (χ1v) is 9.07. The van der Waals surface area contributed by atoms with Crippen LogP contribution >= 0.6 is 0 Å². The van der Waals surface area contributed by atoms with E-state index >= 15 is 0 Å². The predicted octanol–water partition coefficient (Wildman–Crippen LogP) is 5.20. The second kappa shape index (κ2) is 6.80. The van der Waals surface area contributed by atoms with Gasteiger partial charge in [-0.25, -0.2) is 4.79 Å². The van der Waals surface area contributed by atoms with Crippen LogP contribution in [0.25, 0.3) is 11.1 Å². The molecule has 0 spiro atoms. The molecule has 4 nitrogen and oxygen atoms in total. The first-order chi connectivity index (χ1) is 13.0. The summed E-state index contributed by atoms with van der Waals surface area (Å²) in [5.74, 6) is 0. The zero-order chi connectivity index (χ0) is 18.9. The van der Waals surface area contributed by atoms with E-state index in [1.807, 2.05) is 85.8 Å². The van der Waals surface area contributed by atoms with Crippen LogP contribution in [0.4, 0.5) is 16.2 Å². The van der Waals surface area contributed by atoms with Crippen LogP contribution in [0, 0.1) is 0 Å². The fourth-order valence-electron chi connectivity index (χ4n) is 3.52. The standard InChI is InChI=1S/C23H22N2O2/c1-23(19-9-3-2-4-10-19)13-14-25(22(26)27-23)21-12-6-8-18(16-21)17-7-5-11-20(24)15-17/h2-12,15-16H,13-14,24H2,1H3. The van der Waals surface area contributed by atoms with Gasteiger partial charge in [-0.15, -0.1) is 0 Å². The van der Waals surface area contributed by atoms with Gasteiger partial charge in [0.2, 0.25) is 0 Å². The number of carbonyl (C=O) groups is 1. The lowest BCUT2D eigenvalue weighted by atomic mass is 9.91. The molecule has 1 unspecified atom stereocenters. The number of carbonyl (C=O) groups excluding carboxylic acids is 1. The van der Waals surface area contributed by atoms with Crippen molar-refractivity contribution in [2.75, 3.05) is 17.2 Å². The van der Waals surface area contributed by atoms with Gasteiger partial charge in [-0.1, -0.05) is 54.6 Å². The van der Waals surface area contributed by atoms with Crippen molar-refractivity contribution in [3.63, 3.8) is 0 Å². The lowest BCUT2D eigenvalue weighted by Crippen LogP contribution is -2.46. The molecule has 1 heterocycles. The second-order valence-corrected chi connectivity index (χ2v) is 7.04. The SMILES string of the molecule is CC1(c2ccccc2)CCN(c2cccc(-c3cccc(N)c3)c2)C(=O)O1. The minimum absolute atomic E-state index is 0.322. The summed E-state index contributed by atoms with van der Waals surface area (Å²) in [6.45, 7) is 2.57. The summed E-state index contributed by atoms with van der Waals surface area (Å²) in [6.07, 6.45) is 0.406. The number of nitrogen functional groups attached to an aromatic ring is 1. The van der Waals surface area contributed by atoms with Crippen LogP contribution in [0.5, 0.6) is 0 Å². The minimum Gasteiger partial charge on any atom is -0.438 e. The van der Waals surface area contributed by atoms with Gasteiger partial charge in [0.1, 0.15) is 5.60 Å². The van der Waals surface area contributed by atoms with E-state index in [0.29, 0.717) is 12.2 Å². The van der Waals surface area contributed by atoms with Gasteiger partial charge in [-0.05, 0) is 47.9 Å². The van der Waals surface area contributed by atoms with Gasteiger partial charge in [0.05, 0.1) is 0 Å². The molecule has 27 heavy (non-hydrogen) atoms. The maximum absolute atomic E-state index is 12.8. The number of cyclic esters (lactones) is 1. The molecule has 0 bridgehead atoms. The highest BCUT2D eigenvalue weighted by atomic mass is 16.6. The summed E-state index contributed by atoms with van der Waals surface area (Å²) < 4.78 is 5.86. The topological polar surface area (TPSA) is 55.6 Å². The fraction of sp³-hybridized carbons (Fsp3) is 0.174. The van der Waals surface area contributed by atoms with Crippen molar-refractivity contribution in [3.8, 4) is 11.1 Å². The second-order valence-electron chi connectivity index (χ2n) is 7.04. The van der Waals surface area contributed by atoms with Crippen LogP contribution in [0.3, 0.4) is 0 Å². The number of nitrogens with zero attached hydrogens (tertiary/aromatic N) is 1. The number of anilines is 2. The van der Waals surface area contributed by atoms with Crippen LogP contribution < -0.4 is 10.6 Å². The Labute approximate surface area is 159 Å². The van der Waals surface area contributed by atoms with E-state index < -0.39 is 5.60 Å². The Bertz CT molecular complexity index is 971. The van der Waals surface area contributed by atoms with E-state index in [1.165, 1.54) is 0 Å². The Morgan fingerprint density at radius 1 is 0.926 bits per heavy atom. The molecule has 3 aromatic rings. The van der Waals surface area contributed by atoms with E-state index in [4.69, 9.17) is 10.5 Å². The summed E-state index contributed by atoms with van der Waals surface area (Å²) >= 11 is 0. The van der Waals surface area contributed by atoms with E-state index in [1.54, 1.807) is 4.90 Å². The zero-order valence-electron chi connectivity index (χ0n) is 15.3. The number of ether oxygens (including phenoxy) is 1. The van der Waals surface area contributed by atoms with Gasteiger partial charge in [-0.2, -0.15) is 0 Å². The van der Waals surface area contributed by atoms with Gasteiger partial charge >= 0.3 is 6.09 Å². The molecule has 1 aliphatic rings. The van der Waals surface area contributed by atoms with Crippen LogP contribution in [-0.2, 0) is 10.3 Å². The first kappa shape index (κ1) is 17.2. The molecule has 3 aromatic carbocycles. The Morgan fingerprint density at radius 2 is 1.63 bits per heavy atom. The van der Waals surface area contributed by atoms with Crippen molar-refractivity contribution in [1.29, 1.82) is 0 Å². The maximum atomic E-state index is 12.8. The average Bonchev–Trinajstić information content (AvgIpc) is 2.69. The molecule has 1 saturated heterocycles. The molecule has 1 amide bonds. The van der Waals surface area contributed by atoms with Crippen LogP contribution in [0.1, 0.15) is 18.9 Å². The molecule has 136 valence electrons. The molecular formula is C23H22N2O2. The molecule has 0 radical (unpaired) electrons. The number of hydrogen-bond acceptors (Lipinski definition) is 3. The van der Waals surface area contributed by atoms with Crippen LogP contribution in [0.15, 0.2) is 78.9 Å². The average molecular weight is 358 g/mol. The quantitative estimate of drug-likeness (QED) is 0.655. The van der Waals surface area contributed by atoms with Crippen molar-refractivity contribution in [1.82, 2.24) is 0 Å². The van der Waals surface area contributed by atoms with Gasteiger partial charge < -0.3 is 10.5 Å². The number of benzene rings is 3. The van der Waals surface area contributed by atoms with Gasteiger partial charge in [-0.3, -0.25) is 4.90 Å².